The Kier molecular flexibility index (Phi) is 6.28. The Hall–Kier alpha value is -1.14. The highest BCUT2D eigenvalue weighted by atomic mass is 16.6. The summed E-state index contributed by atoms with van der Waals surface area (Å²) < 4.78 is 11.0. The molecule has 0 heterocycles. The Labute approximate surface area is 109 Å². The van der Waals surface area contributed by atoms with Crippen molar-refractivity contribution in [2.24, 2.45) is 0 Å². The third kappa shape index (κ3) is 10.0. The van der Waals surface area contributed by atoms with Gasteiger partial charge in [0.25, 0.3) is 0 Å². The molecular formula is C12H26N2O4+2. The normalized spacial score (nSPS) is 12.1. The Morgan fingerprint density at radius 2 is 1.00 bits per heavy atom. The fraction of sp³-hybridized carbons (Fsp3) is 0.833. The summed E-state index contributed by atoms with van der Waals surface area (Å²) >= 11 is 0. The first-order valence-electron chi connectivity index (χ1n) is 5.96. The average molecular weight is 262 g/mol. The van der Waals surface area contributed by atoms with Crippen LogP contribution < -0.4 is 0 Å². The highest BCUT2D eigenvalue weighted by Crippen LogP contribution is 1.93. The summed E-state index contributed by atoms with van der Waals surface area (Å²) in [6.07, 6.45) is 0. The van der Waals surface area contributed by atoms with E-state index >= 15 is 0 Å². The van der Waals surface area contributed by atoms with E-state index in [9.17, 15) is 9.59 Å². The Bertz CT molecular complexity index is 259. The lowest BCUT2D eigenvalue weighted by molar-refractivity contribution is -0.870. The van der Waals surface area contributed by atoms with Crippen LogP contribution in [0.2, 0.25) is 0 Å². The summed E-state index contributed by atoms with van der Waals surface area (Å²) in [6.45, 7) is 1.73. The maximum absolute atomic E-state index is 11.3. The minimum absolute atomic E-state index is 0.215. The van der Waals surface area contributed by atoms with E-state index in [4.69, 9.17) is 9.47 Å². The first-order valence-corrected chi connectivity index (χ1v) is 5.96. The third-order valence-electron chi connectivity index (χ3n) is 2.16. The number of hydrogen-bond acceptors (Lipinski definition) is 4. The molecule has 106 valence electrons. The number of ether oxygens (including phenoxy) is 2. The minimum atomic E-state index is -0.912. The van der Waals surface area contributed by atoms with E-state index < -0.39 is 11.9 Å². The van der Waals surface area contributed by atoms with Crippen LogP contribution in [0.4, 0.5) is 0 Å². The van der Waals surface area contributed by atoms with Crippen molar-refractivity contribution in [1.29, 1.82) is 0 Å². The van der Waals surface area contributed by atoms with Crippen molar-refractivity contribution >= 4 is 11.9 Å². The van der Waals surface area contributed by atoms with Crippen LogP contribution in [0.25, 0.3) is 0 Å². The predicted octanol–water partition coefficient (Wildman–Crippen LogP) is -0.515. The molecule has 6 nitrogen and oxygen atoms in total. The first-order chi connectivity index (χ1) is 8.01. The number of likely N-dealkylation sites (N-methyl/N-ethyl adjacent to an activating group) is 2. The molecule has 0 N–H and O–H groups in total. The highest BCUT2D eigenvalue weighted by molar-refractivity contribution is 6.29. The van der Waals surface area contributed by atoms with E-state index in [1.807, 2.05) is 42.3 Å². The van der Waals surface area contributed by atoms with Gasteiger partial charge in [0, 0.05) is 0 Å². The van der Waals surface area contributed by atoms with Crippen molar-refractivity contribution in [2.45, 2.75) is 0 Å². The van der Waals surface area contributed by atoms with Crippen LogP contribution in [0, 0.1) is 0 Å². The van der Waals surface area contributed by atoms with E-state index in [2.05, 4.69) is 0 Å². The summed E-state index contributed by atoms with van der Waals surface area (Å²) in [5.41, 5.74) is 0. The number of carbonyl (C=O) groups is 2. The quantitative estimate of drug-likeness (QED) is 0.367. The fourth-order valence-electron chi connectivity index (χ4n) is 0.942. The summed E-state index contributed by atoms with van der Waals surface area (Å²) in [7, 11) is 11.9. The predicted molar refractivity (Wildman–Crippen MR) is 67.7 cm³/mol. The van der Waals surface area contributed by atoms with Gasteiger partial charge in [0.2, 0.25) is 0 Å². The van der Waals surface area contributed by atoms with E-state index in [-0.39, 0.29) is 13.2 Å². The largest absolute Gasteiger partial charge is 0.451 e. The number of carbonyl (C=O) groups excluding carboxylic acids is 2. The monoisotopic (exact) mass is 262 g/mol. The molecule has 0 aliphatic carbocycles. The zero-order valence-corrected chi connectivity index (χ0v) is 12.4. The molecule has 0 aromatic rings. The molecule has 0 aliphatic rings. The van der Waals surface area contributed by atoms with Crippen molar-refractivity contribution in [3.63, 3.8) is 0 Å². The van der Waals surface area contributed by atoms with Crippen LogP contribution in [-0.4, -0.2) is 89.5 Å². The molecule has 0 bridgehead atoms. The lowest BCUT2D eigenvalue weighted by Gasteiger charge is -2.23. The van der Waals surface area contributed by atoms with Gasteiger partial charge in [-0.3, -0.25) is 0 Å². The second kappa shape index (κ2) is 6.70. The molecule has 0 aromatic heterocycles. The van der Waals surface area contributed by atoms with E-state index in [1.54, 1.807) is 0 Å². The van der Waals surface area contributed by atoms with Crippen LogP contribution in [0.15, 0.2) is 0 Å². The molecule has 18 heavy (non-hydrogen) atoms. The Morgan fingerprint density at radius 3 is 1.22 bits per heavy atom. The van der Waals surface area contributed by atoms with Gasteiger partial charge in [0.1, 0.15) is 26.3 Å². The molecule has 0 atom stereocenters. The van der Waals surface area contributed by atoms with Crippen LogP contribution in [-0.2, 0) is 19.1 Å². The summed E-state index contributed by atoms with van der Waals surface area (Å²) in [6, 6.07) is 0. The molecule has 0 aliphatic heterocycles. The number of nitrogens with zero attached hydrogens (tertiary/aromatic N) is 2. The SMILES string of the molecule is C[N+](C)(C)CCOC(=O)C(=O)OCC[N+](C)(C)C. The first kappa shape index (κ1) is 16.9. The Morgan fingerprint density at radius 1 is 0.722 bits per heavy atom. The lowest BCUT2D eigenvalue weighted by Crippen LogP contribution is -2.39. The van der Waals surface area contributed by atoms with E-state index in [1.165, 1.54) is 0 Å². The summed E-state index contributed by atoms with van der Waals surface area (Å²) in [5.74, 6) is -1.82. The van der Waals surface area contributed by atoms with Gasteiger partial charge in [-0.1, -0.05) is 0 Å². The topological polar surface area (TPSA) is 52.6 Å². The fourth-order valence-corrected chi connectivity index (χ4v) is 0.942. The van der Waals surface area contributed by atoms with Gasteiger partial charge in [0.15, 0.2) is 0 Å². The maximum atomic E-state index is 11.3. The van der Waals surface area contributed by atoms with Crippen LogP contribution in [0.1, 0.15) is 0 Å². The molecular weight excluding hydrogens is 236 g/mol. The highest BCUT2D eigenvalue weighted by Gasteiger charge is 2.19. The summed E-state index contributed by atoms with van der Waals surface area (Å²) in [4.78, 5) is 22.6. The smallest absolute Gasteiger partial charge is 0.417 e. The molecule has 0 rings (SSSR count). The van der Waals surface area contributed by atoms with Crippen LogP contribution in [0.5, 0.6) is 0 Å². The third-order valence-corrected chi connectivity index (χ3v) is 2.16. The zero-order chi connectivity index (χ0) is 14.4. The number of quaternary nitrogens is 2. The molecule has 0 spiro atoms. The second-order valence-electron chi connectivity index (χ2n) is 6.30. The molecule has 0 unspecified atom stereocenters. The van der Waals surface area contributed by atoms with Gasteiger partial charge in [-0.05, 0) is 0 Å². The van der Waals surface area contributed by atoms with Crippen molar-refractivity contribution in [3.8, 4) is 0 Å². The van der Waals surface area contributed by atoms with Gasteiger partial charge in [0.05, 0.1) is 42.3 Å². The van der Waals surface area contributed by atoms with Gasteiger partial charge < -0.3 is 18.4 Å². The van der Waals surface area contributed by atoms with Gasteiger partial charge in [-0.25, -0.2) is 9.59 Å². The van der Waals surface area contributed by atoms with Crippen molar-refractivity contribution in [1.82, 2.24) is 0 Å². The molecule has 6 heteroatoms. The molecule has 0 saturated carbocycles. The zero-order valence-electron chi connectivity index (χ0n) is 12.4. The summed E-state index contributed by atoms with van der Waals surface area (Å²) in [5, 5.41) is 0. The maximum Gasteiger partial charge on any atom is 0.417 e. The molecule has 0 amide bonds. The van der Waals surface area contributed by atoms with Crippen molar-refractivity contribution < 1.29 is 28.0 Å². The standard InChI is InChI=1S/C12H26N2O4/c1-13(2,3)7-9-17-11(15)12(16)18-10-8-14(4,5)6/h7-10H2,1-6H3/q+2. The van der Waals surface area contributed by atoms with Crippen LogP contribution in [0.3, 0.4) is 0 Å². The number of rotatable bonds is 6. The Balaban J connectivity index is 3.81. The second-order valence-corrected chi connectivity index (χ2v) is 6.30. The van der Waals surface area contributed by atoms with Crippen molar-refractivity contribution in [2.75, 3.05) is 68.6 Å². The van der Waals surface area contributed by atoms with Gasteiger partial charge in [-0.2, -0.15) is 0 Å². The van der Waals surface area contributed by atoms with Crippen molar-refractivity contribution in [3.05, 3.63) is 0 Å². The van der Waals surface area contributed by atoms with Gasteiger partial charge >= 0.3 is 11.9 Å². The molecule has 0 fully saturated rings. The molecule has 0 aromatic carbocycles. The van der Waals surface area contributed by atoms with Gasteiger partial charge in [-0.15, -0.1) is 0 Å². The minimum Gasteiger partial charge on any atom is -0.451 e. The molecule has 0 saturated heterocycles. The molecule has 0 radical (unpaired) electrons. The van der Waals surface area contributed by atoms with E-state index in [0.29, 0.717) is 22.1 Å². The number of esters is 2. The van der Waals surface area contributed by atoms with E-state index in [0.717, 1.165) is 0 Å². The lowest BCUT2D eigenvalue weighted by atomic mass is 10.5. The number of hydrogen-bond donors (Lipinski definition) is 0. The average Bonchev–Trinajstić information content (AvgIpc) is 2.13. The van der Waals surface area contributed by atoms with Crippen LogP contribution >= 0.6 is 0 Å².